The Hall–Kier alpha value is -3.01. The predicted molar refractivity (Wildman–Crippen MR) is 86.8 cm³/mol. The van der Waals surface area contributed by atoms with Crippen LogP contribution in [0.4, 0.5) is 29.8 Å². The number of carbonyl (C=O) groups is 1. The van der Waals surface area contributed by atoms with Crippen LogP contribution in [0, 0.1) is 0 Å². The van der Waals surface area contributed by atoms with Crippen molar-refractivity contribution < 1.29 is 18.0 Å². The second-order valence-corrected chi connectivity index (χ2v) is 5.63. The first-order valence-corrected chi connectivity index (χ1v) is 7.78. The van der Waals surface area contributed by atoms with Crippen LogP contribution in [-0.4, -0.2) is 21.1 Å². The van der Waals surface area contributed by atoms with Gasteiger partial charge in [0.25, 0.3) is 5.91 Å². The highest BCUT2D eigenvalue weighted by atomic mass is 32.1. The minimum Gasteiger partial charge on any atom is -0.340 e. The van der Waals surface area contributed by atoms with Gasteiger partial charge in [-0.3, -0.25) is 10.1 Å². The van der Waals surface area contributed by atoms with Crippen LogP contribution in [0.1, 0.15) is 15.9 Å². The largest absolute Gasteiger partial charge is 0.416 e. The molecule has 0 atom stereocenters. The zero-order valence-corrected chi connectivity index (χ0v) is 13.2. The number of nitrogens with zero attached hydrogens (tertiary/aromatic N) is 3. The average molecular weight is 365 g/mol. The van der Waals surface area contributed by atoms with Gasteiger partial charge in [-0.25, -0.2) is 4.98 Å². The van der Waals surface area contributed by atoms with Crippen LogP contribution in [0.3, 0.4) is 0 Å². The molecule has 1 amide bonds. The summed E-state index contributed by atoms with van der Waals surface area (Å²) in [6.07, 6.45) is -3.03. The normalized spacial score (nSPS) is 11.2. The maximum Gasteiger partial charge on any atom is 0.416 e. The van der Waals surface area contributed by atoms with Crippen LogP contribution in [0.5, 0.6) is 0 Å². The second kappa shape index (κ2) is 6.85. The summed E-state index contributed by atoms with van der Waals surface area (Å²) in [6, 6.07) is 7.69. The van der Waals surface area contributed by atoms with Gasteiger partial charge in [0, 0.05) is 11.9 Å². The molecule has 10 heteroatoms. The number of aromatic nitrogens is 3. The molecule has 2 N–H and O–H groups in total. The highest BCUT2D eigenvalue weighted by Crippen LogP contribution is 2.31. The van der Waals surface area contributed by atoms with Gasteiger partial charge in [0.2, 0.25) is 5.13 Å². The molecule has 0 aliphatic heterocycles. The van der Waals surface area contributed by atoms with Gasteiger partial charge in [0.05, 0.1) is 11.1 Å². The molecule has 0 fully saturated rings. The molecule has 0 saturated carbocycles. The first kappa shape index (κ1) is 16.8. The zero-order chi connectivity index (χ0) is 17.9. The number of carbonyl (C=O) groups excluding carboxylic acids is 1. The summed E-state index contributed by atoms with van der Waals surface area (Å²) in [4.78, 5) is 16.3. The van der Waals surface area contributed by atoms with Gasteiger partial charge in [-0.1, -0.05) is 17.4 Å². The van der Waals surface area contributed by atoms with Gasteiger partial charge in [-0.05, 0) is 30.3 Å². The fourth-order valence-electron chi connectivity index (χ4n) is 1.99. The first-order chi connectivity index (χ1) is 11.9. The van der Waals surface area contributed by atoms with E-state index in [1.807, 2.05) is 0 Å². The smallest absolute Gasteiger partial charge is 0.340 e. The molecule has 25 heavy (non-hydrogen) atoms. The van der Waals surface area contributed by atoms with Crippen LogP contribution in [-0.2, 0) is 6.18 Å². The van der Waals surface area contributed by atoms with E-state index in [-0.39, 0.29) is 17.1 Å². The average Bonchev–Trinajstić information content (AvgIpc) is 3.08. The number of anilines is 3. The monoisotopic (exact) mass is 365 g/mol. The fraction of sp³-hybridized carbons (Fsp3) is 0.0667. The molecule has 3 aromatic rings. The van der Waals surface area contributed by atoms with Crippen molar-refractivity contribution in [3.05, 3.63) is 59.2 Å². The van der Waals surface area contributed by atoms with Crippen LogP contribution in [0.2, 0.25) is 0 Å². The van der Waals surface area contributed by atoms with Crippen molar-refractivity contribution in [1.82, 2.24) is 15.2 Å². The van der Waals surface area contributed by atoms with E-state index < -0.39 is 17.6 Å². The number of halogens is 3. The summed E-state index contributed by atoms with van der Waals surface area (Å²) in [5.41, 5.74) is 0.989. The zero-order valence-electron chi connectivity index (χ0n) is 12.4. The molecule has 128 valence electrons. The summed E-state index contributed by atoms with van der Waals surface area (Å²) in [5.74, 6) is -0.372. The summed E-state index contributed by atoms with van der Waals surface area (Å²) in [5, 5.41) is 12.9. The molecular formula is C15H10F3N5OS. The Bertz CT molecular complexity index is 883. The molecule has 0 unspecified atom stereocenters. The van der Waals surface area contributed by atoms with Crippen molar-refractivity contribution in [3.63, 3.8) is 0 Å². The number of rotatable bonds is 4. The third-order valence-corrected chi connectivity index (χ3v) is 3.69. The molecule has 0 bridgehead atoms. The third-order valence-electron chi connectivity index (χ3n) is 3.09. The van der Waals surface area contributed by atoms with Gasteiger partial charge in [0.15, 0.2) is 0 Å². The molecule has 0 spiro atoms. The lowest BCUT2D eigenvalue weighted by atomic mass is 10.2. The molecule has 0 aliphatic carbocycles. The van der Waals surface area contributed by atoms with Crippen molar-refractivity contribution >= 4 is 33.9 Å². The van der Waals surface area contributed by atoms with Gasteiger partial charge in [-0.15, -0.1) is 10.2 Å². The van der Waals surface area contributed by atoms with Crippen LogP contribution >= 0.6 is 11.3 Å². The number of alkyl halides is 3. The van der Waals surface area contributed by atoms with E-state index in [1.165, 1.54) is 29.9 Å². The highest BCUT2D eigenvalue weighted by Gasteiger charge is 2.30. The Balaban J connectivity index is 1.85. The number of nitrogens with one attached hydrogen (secondary N) is 2. The molecule has 3 rings (SSSR count). The molecule has 0 aliphatic rings. The Kier molecular flexibility index (Phi) is 4.61. The first-order valence-electron chi connectivity index (χ1n) is 6.90. The fourth-order valence-corrected chi connectivity index (χ4v) is 2.43. The van der Waals surface area contributed by atoms with Gasteiger partial charge < -0.3 is 5.32 Å². The number of amides is 1. The summed E-state index contributed by atoms with van der Waals surface area (Å²) >= 11 is 1.14. The Morgan fingerprint density at radius 1 is 1.16 bits per heavy atom. The molecule has 2 heterocycles. The lowest BCUT2D eigenvalue weighted by molar-refractivity contribution is -0.137. The highest BCUT2D eigenvalue weighted by molar-refractivity contribution is 7.13. The van der Waals surface area contributed by atoms with Crippen molar-refractivity contribution in [3.8, 4) is 0 Å². The molecule has 1 aromatic carbocycles. The standard InChI is InChI=1S/C15H10F3N5OS/c16-15(17,18)9-3-1-4-10(7-9)21-12-11(5-2-6-19-12)13(24)22-14-23-20-8-25-14/h1-8H,(H,19,21)(H,22,23,24). The van der Waals surface area contributed by atoms with Crippen LogP contribution in [0.25, 0.3) is 0 Å². The van der Waals surface area contributed by atoms with Gasteiger partial charge >= 0.3 is 6.18 Å². The Morgan fingerprint density at radius 2 is 2.00 bits per heavy atom. The summed E-state index contributed by atoms with van der Waals surface area (Å²) < 4.78 is 38.4. The minimum atomic E-state index is -4.46. The SMILES string of the molecule is O=C(Nc1nncs1)c1cccnc1Nc1cccc(C(F)(F)F)c1. The maximum atomic E-state index is 12.8. The Morgan fingerprint density at radius 3 is 2.72 bits per heavy atom. The van der Waals surface area contributed by atoms with E-state index in [4.69, 9.17) is 0 Å². The van der Waals surface area contributed by atoms with E-state index in [9.17, 15) is 18.0 Å². The molecule has 0 saturated heterocycles. The van der Waals surface area contributed by atoms with Gasteiger partial charge in [-0.2, -0.15) is 13.2 Å². The lowest BCUT2D eigenvalue weighted by Gasteiger charge is -2.12. The minimum absolute atomic E-state index is 0.129. The molecular weight excluding hydrogens is 355 g/mol. The maximum absolute atomic E-state index is 12.8. The van der Waals surface area contributed by atoms with Crippen molar-refractivity contribution in [1.29, 1.82) is 0 Å². The third kappa shape index (κ3) is 4.10. The number of pyridine rings is 1. The quantitative estimate of drug-likeness (QED) is 0.732. The van der Waals surface area contributed by atoms with E-state index in [0.717, 1.165) is 23.5 Å². The lowest BCUT2D eigenvalue weighted by Crippen LogP contribution is -2.14. The van der Waals surface area contributed by atoms with E-state index >= 15 is 0 Å². The topological polar surface area (TPSA) is 79.8 Å². The molecule has 6 nitrogen and oxygen atoms in total. The van der Waals surface area contributed by atoms with E-state index in [0.29, 0.717) is 5.13 Å². The van der Waals surface area contributed by atoms with Crippen molar-refractivity contribution in [2.45, 2.75) is 6.18 Å². The second-order valence-electron chi connectivity index (χ2n) is 4.80. The van der Waals surface area contributed by atoms with E-state index in [2.05, 4.69) is 25.8 Å². The number of benzene rings is 1. The van der Waals surface area contributed by atoms with Gasteiger partial charge in [0.1, 0.15) is 11.3 Å². The van der Waals surface area contributed by atoms with Crippen LogP contribution < -0.4 is 10.6 Å². The summed E-state index contributed by atoms with van der Waals surface area (Å²) in [7, 11) is 0. The number of hydrogen-bond donors (Lipinski definition) is 2. The summed E-state index contributed by atoms with van der Waals surface area (Å²) in [6.45, 7) is 0. The van der Waals surface area contributed by atoms with Crippen molar-refractivity contribution in [2.75, 3.05) is 10.6 Å². The van der Waals surface area contributed by atoms with Crippen molar-refractivity contribution in [2.24, 2.45) is 0 Å². The Labute approximate surface area is 143 Å². The predicted octanol–water partition coefficient (Wildman–Crippen LogP) is 3.95. The number of hydrogen-bond acceptors (Lipinski definition) is 6. The van der Waals surface area contributed by atoms with E-state index in [1.54, 1.807) is 6.07 Å². The molecule has 2 aromatic heterocycles. The molecule has 0 radical (unpaired) electrons. The van der Waals surface area contributed by atoms with Crippen LogP contribution in [0.15, 0.2) is 48.1 Å².